The van der Waals surface area contributed by atoms with Gasteiger partial charge in [-0.3, -0.25) is 0 Å². The van der Waals surface area contributed by atoms with E-state index in [9.17, 15) is 13.2 Å². The van der Waals surface area contributed by atoms with Crippen LogP contribution in [0, 0.1) is 0 Å². The van der Waals surface area contributed by atoms with Crippen LogP contribution in [0.1, 0.15) is 13.8 Å². The molecular formula is C13H22N2O5S. The van der Waals surface area contributed by atoms with Crippen molar-refractivity contribution in [3.8, 4) is 0 Å². The van der Waals surface area contributed by atoms with Crippen LogP contribution in [0.15, 0.2) is 25.3 Å². The highest BCUT2D eigenvalue weighted by molar-refractivity contribution is 7.86. The molecule has 1 heterocycles. The summed E-state index contributed by atoms with van der Waals surface area (Å²) in [5.41, 5.74) is -0.873. The van der Waals surface area contributed by atoms with Crippen LogP contribution in [0.4, 0.5) is 0 Å². The summed E-state index contributed by atoms with van der Waals surface area (Å²) in [6.45, 7) is 10.5. The molecule has 120 valence electrons. The first-order chi connectivity index (χ1) is 9.64. The zero-order valence-corrected chi connectivity index (χ0v) is 13.2. The van der Waals surface area contributed by atoms with E-state index in [1.54, 1.807) is 13.8 Å². The fourth-order valence-corrected chi connectivity index (χ4v) is 3.86. The molecule has 0 aromatic carbocycles. The third-order valence-corrected chi connectivity index (χ3v) is 4.86. The topological polar surface area (TPSA) is 87.2 Å². The van der Waals surface area contributed by atoms with Crippen molar-refractivity contribution in [3.05, 3.63) is 25.3 Å². The second kappa shape index (κ2) is 6.69. The minimum Gasteiger partial charge on any atom is -0.479 e. The molecule has 0 aromatic heterocycles. The van der Waals surface area contributed by atoms with Gasteiger partial charge in [-0.15, -0.1) is 13.2 Å². The number of carboxylic acids is 1. The molecule has 0 aromatic rings. The van der Waals surface area contributed by atoms with Crippen molar-refractivity contribution in [2.75, 3.05) is 26.2 Å². The Morgan fingerprint density at radius 2 is 1.95 bits per heavy atom. The summed E-state index contributed by atoms with van der Waals surface area (Å²) in [6.07, 6.45) is 1.76. The average molecular weight is 318 g/mol. The summed E-state index contributed by atoms with van der Waals surface area (Å²) in [4.78, 5) is 11.1. The maximum absolute atomic E-state index is 12.6. The molecule has 1 aliphatic rings. The molecule has 1 aliphatic heterocycles. The normalized spacial score (nSPS) is 22.9. The Balaban J connectivity index is 3.06. The van der Waals surface area contributed by atoms with E-state index in [4.69, 9.17) is 9.84 Å². The van der Waals surface area contributed by atoms with Gasteiger partial charge in [0.25, 0.3) is 10.2 Å². The van der Waals surface area contributed by atoms with E-state index in [0.717, 1.165) is 4.31 Å². The Bertz CT molecular complexity index is 505. The van der Waals surface area contributed by atoms with Gasteiger partial charge < -0.3 is 9.84 Å². The van der Waals surface area contributed by atoms with Gasteiger partial charge >= 0.3 is 5.97 Å². The van der Waals surface area contributed by atoms with Gasteiger partial charge in [0.1, 0.15) is 0 Å². The number of carboxylic acid groups (broad SMARTS) is 1. The maximum atomic E-state index is 12.6. The van der Waals surface area contributed by atoms with E-state index in [0.29, 0.717) is 0 Å². The van der Waals surface area contributed by atoms with E-state index < -0.39 is 27.9 Å². The lowest BCUT2D eigenvalue weighted by molar-refractivity contribution is -0.172. The van der Waals surface area contributed by atoms with Crippen LogP contribution in [0.2, 0.25) is 0 Å². The van der Waals surface area contributed by atoms with Crippen molar-refractivity contribution < 1.29 is 23.1 Å². The van der Waals surface area contributed by atoms with Crippen LogP contribution in [0.3, 0.4) is 0 Å². The summed E-state index contributed by atoms with van der Waals surface area (Å²) in [5, 5.41) is 9.11. The number of aliphatic carboxylic acids is 1. The first-order valence-corrected chi connectivity index (χ1v) is 7.91. The highest BCUT2D eigenvalue weighted by Crippen LogP contribution is 2.24. The molecule has 21 heavy (non-hydrogen) atoms. The Morgan fingerprint density at radius 1 is 1.43 bits per heavy atom. The molecule has 1 fully saturated rings. The van der Waals surface area contributed by atoms with Gasteiger partial charge in [0.2, 0.25) is 0 Å². The van der Waals surface area contributed by atoms with Crippen molar-refractivity contribution in [1.82, 2.24) is 8.61 Å². The zero-order valence-electron chi connectivity index (χ0n) is 12.4. The Labute approximate surface area is 125 Å². The van der Waals surface area contributed by atoms with Gasteiger partial charge in [0.15, 0.2) is 6.10 Å². The largest absolute Gasteiger partial charge is 0.479 e. The molecule has 7 nitrogen and oxygen atoms in total. The summed E-state index contributed by atoms with van der Waals surface area (Å²) in [6, 6.07) is 0. The van der Waals surface area contributed by atoms with Crippen LogP contribution in [0.25, 0.3) is 0 Å². The van der Waals surface area contributed by atoms with E-state index >= 15 is 0 Å². The van der Waals surface area contributed by atoms with Gasteiger partial charge in [-0.25, -0.2) is 4.79 Å². The van der Waals surface area contributed by atoms with Crippen LogP contribution in [-0.2, 0) is 19.7 Å². The number of rotatable bonds is 7. The number of hydrogen-bond donors (Lipinski definition) is 1. The number of morpholine rings is 1. The maximum Gasteiger partial charge on any atom is 0.334 e. The molecule has 1 atom stereocenters. The van der Waals surface area contributed by atoms with Crippen molar-refractivity contribution in [2.24, 2.45) is 0 Å². The number of carbonyl (C=O) groups is 1. The molecular weight excluding hydrogens is 296 g/mol. The van der Waals surface area contributed by atoms with E-state index in [2.05, 4.69) is 13.2 Å². The fraction of sp³-hybridized carbons (Fsp3) is 0.615. The summed E-state index contributed by atoms with van der Waals surface area (Å²) >= 11 is 0. The molecule has 1 rings (SSSR count). The standard InChI is InChI=1S/C13H22N2O5S/c1-5-7-14(8-6-2)21(18,19)15-9-11(12(16)17)20-13(3,4)10-15/h5-6,11H,1-2,7-10H2,3-4H3,(H,16,17). The fourth-order valence-electron chi connectivity index (χ4n) is 2.15. The first kappa shape index (κ1) is 17.8. The molecule has 0 spiro atoms. The van der Waals surface area contributed by atoms with Crippen molar-refractivity contribution in [3.63, 3.8) is 0 Å². The second-order valence-electron chi connectivity index (χ2n) is 5.40. The first-order valence-electron chi connectivity index (χ1n) is 6.51. The highest BCUT2D eigenvalue weighted by Gasteiger charge is 2.43. The minimum absolute atomic E-state index is 0.0872. The molecule has 1 saturated heterocycles. The Morgan fingerprint density at radius 3 is 2.38 bits per heavy atom. The van der Waals surface area contributed by atoms with Crippen LogP contribution >= 0.6 is 0 Å². The van der Waals surface area contributed by atoms with Crippen molar-refractivity contribution in [2.45, 2.75) is 25.6 Å². The third-order valence-electron chi connectivity index (χ3n) is 2.98. The van der Waals surface area contributed by atoms with Gasteiger partial charge in [0.05, 0.1) is 12.1 Å². The van der Waals surface area contributed by atoms with Crippen molar-refractivity contribution in [1.29, 1.82) is 0 Å². The number of nitrogens with zero attached hydrogens (tertiary/aromatic N) is 2. The quantitative estimate of drug-likeness (QED) is 0.690. The zero-order chi connectivity index (χ0) is 16.3. The van der Waals surface area contributed by atoms with E-state index in [1.807, 2.05) is 0 Å². The summed E-state index contributed by atoms with van der Waals surface area (Å²) in [5.74, 6) is -1.18. The average Bonchev–Trinajstić information content (AvgIpc) is 2.36. The second-order valence-corrected chi connectivity index (χ2v) is 7.33. The lowest BCUT2D eigenvalue weighted by Gasteiger charge is -2.41. The van der Waals surface area contributed by atoms with Gasteiger partial charge in [-0.05, 0) is 13.8 Å². The smallest absolute Gasteiger partial charge is 0.334 e. The predicted octanol–water partition coefficient (Wildman–Crippen LogP) is 0.469. The van der Waals surface area contributed by atoms with E-state index in [1.165, 1.54) is 16.5 Å². The van der Waals surface area contributed by atoms with Crippen LogP contribution in [-0.4, -0.2) is 66.0 Å². The van der Waals surface area contributed by atoms with Crippen LogP contribution in [0.5, 0.6) is 0 Å². The highest BCUT2D eigenvalue weighted by atomic mass is 32.2. The predicted molar refractivity (Wildman–Crippen MR) is 79.0 cm³/mol. The molecule has 8 heteroatoms. The Hall–Kier alpha value is -1.22. The molecule has 0 saturated carbocycles. The van der Waals surface area contributed by atoms with Gasteiger partial charge in [-0.1, -0.05) is 12.2 Å². The SMILES string of the molecule is C=CCN(CC=C)S(=O)(=O)N1CC(C(=O)O)OC(C)(C)C1. The van der Waals surface area contributed by atoms with Gasteiger partial charge in [-0.2, -0.15) is 17.0 Å². The van der Waals surface area contributed by atoms with Crippen LogP contribution < -0.4 is 0 Å². The lowest BCUT2D eigenvalue weighted by atomic mass is 10.1. The molecule has 0 radical (unpaired) electrons. The minimum atomic E-state index is -3.81. The van der Waals surface area contributed by atoms with Crippen molar-refractivity contribution >= 4 is 16.2 Å². The number of hydrogen-bond acceptors (Lipinski definition) is 4. The number of ether oxygens (including phenoxy) is 1. The van der Waals surface area contributed by atoms with E-state index in [-0.39, 0.29) is 26.2 Å². The molecule has 1 unspecified atom stereocenters. The lowest BCUT2D eigenvalue weighted by Crippen LogP contribution is -2.59. The third kappa shape index (κ3) is 4.37. The molecule has 0 amide bonds. The molecule has 1 N–H and O–H groups in total. The molecule has 0 bridgehead atoms. The monoisotopic (exact) mass is 318 g/mol. The Kier molecular flexibility index (Phi) is 5.68. The summed E-state index contributed by atoms with van der Waals surface area (Å²) in [7, 11) is -3.81. The summed E-state index contributed by atoms with van der Waals surface area (Å²) < 4.78 is 33.0. The van der Waals surface area contributed by atoms with Gasteiger partial charge in [0, 0.05) is 19.6 Å². The molecule has 0 aliphatic carbocycles.